The third-order valence-electron chi connectivity index (χ3n) is 3.69. The van der Waals surface area contributed by atoms with E-state index in [1.807, 2.05) is 6.92 Å². The van der Waals surface area contributed by atoms with Crippen LogP contribution in [0.5, 0.6) is 0 Å². The molecule has 1 aromatic heterocycles. The number of sulfonamides is 1. The third-order valence-corrected chi connectivity index (χ3v) is 6.06. The summed E-state index contributed by atoms with van der Waals surface area (Å²) in [5.74, 6) is 0. The van der Waals surface area contributed by atoms with Crippen molar-refractivity contribution in [1.29, 1.82) is 0 Å². The lowest BCUT2D eigenvalue weighted by atomic mass is 10.1. The summed E-state index contributed by atoms with van der Waals surface area (Å²) in [6.07, 6.45) is 1.27. The van der Waals surface area contributed by atoms with Crippen LogP contribution in [0.25, 0.3) is 0 Å². The standard InChI is InChI=1S/C13H23N3O2S2/c1-10-4-5-12(19-10)13(11(2)14)15-6-8-16(9-7-15)20(3,17)18/h4-5,11,13H,6-9,14H2,1-3H3. The molecule has 2 rings (SSSR count). The second-order valence-corrected chi connectivity index (χ2v) is 8.75. The Kier molecular flexibility index (Phi) is 4.86. The molecule has 1 aliphatic heterocycles. The van der Waals surface area contributed by atoms with Crippen LogP contribution < -0.4 is 5.73 Å². The molecule has 20 heavy (non-hydrogen) atoms. The van der Waals surface area contributed by atoms with Gasteiger partial charge in [0.1, 0.15) is 0 Å². The molecule has 1 aliphatic rings. The SMILES string of the molecule is Cc1ccc(C(C(C)N)N2CCN(S(C)(=O)=O)CC2)s1. The van der Waals surface area contributed by atoms with Crippen molar-refractivity contribution in [2.75, 3.05) is 32.4 Å². The summed E-state index contributed by atoms with van der Waals surface area (Å²) in [6, 6.07) is 4.45. The zero-order chi connectivity index (χ0) is 14.9. The zero-order valence-electron chi connectivity index (χ0n) is 12.2. The minimum absolute atomic E-state index is 0.0258. The van der Waals surface area contributed by atoms with Gasteiger partial charge in [0, 0.05) is 42.0 Å². The summed E-state index contributed by atoms with van der Waals surface area (Å²) in [5, 5.41) is 0. The quantitative estimate of drug-likeness (QED) is 0.900. The van der Waals surface area contributed by atoms with Gasteiger partial charge in [0.2, 0.25) is 10.0 Å². The van der Waals surface area contributed by atoms with E-state index in [-0.39, 0.29) is 12.1 Å². The molecule has 2 atom stereocenters. The van der Waals surface area contributed by atoms with Crippen LogP contribution >= 0.6 is 11.3 Å². The molecule has 2 unspecified atom stereocenters. The minimum atomic E-state index is -3.08. The number of nitrogens with zero attached hydrogens (tertiary/aromatic N) is 2. The van der Waals surface area contributed by atoms with E-state index < -0.39 is 10.0 Å². The van der Waals surface area contributed by atoms with Gasteiger partial charge in [-0.2, -0.15) is 4.31 Å². The highest BCUT2D eigenvalue weighted by molar-refractivity contribution is 7.88. The number of aryl methyl sites for hydroxylation is 1. The zero-order valence-corrected chi connectivity index (χ0v) is 13.9. The van der Waals surface area contributed by atoms with E-state index in [1.54, 1.807) is 15.6 Å². The first kappa shape index (κ1) is 15.9. The molecule has 7 heteroatoms. The second kappa shape index (κ2) is 6.11. The monoisotopic (exact) mass is 317 g/mol. The van der Waals surface area contributed by atoms with Crippen molar-refractivity contribution in [2.45, 2.75) is 25.9 Å². The van der Waals surface area contributed by atoms with E-state index in [2.05, 4.69) is 24.0 Å². The Bertz CT molecular complexity index is 546. The van der Waals surface area contributed by atoms with E-state index in [1.165, 1.54) is 16.0 Å². The summed E-state index contributed by atoms with van der Waals surface area (Å²) < 4.78 is 24.7. The maximum absolute atomic E-state index is 11.6. The number of piperazine rings is 1. The van der Waals surface area contributed by atoms with Gasteiger partial charge in [-0.1, -0.05) is 0 Å². The van der Waals surface area contributed by atoms with Crippen molar-refractivity contribution in [2.24, 2.45) is 5.73 Å². The van der Waals surface area contributed by atoms with Gasteiger partial charge in [0.05, 0.1) is 12.3 Å². The fraction of sp³-hybridized carbons (Fsp3) is 0.692. The smallest absolute Gasteiger partial charge is 0.211 e. The molecule has 0 amide bonds. The van der Waals surface area contributed by atoms with Crippen LogP contribution in [0, 0.1) is 6.92 Å². The highest BCUT2D eigenvalue weighted by Gasteiger charge is 2.30. The number of hydrogen-bond donors (Lipinski definition) is 1. The van der Waals surface area contributed by atoms with E-state index in [0.717, 1.165) is 13.1 Å². The van der Waals surface area contributed by atoms with Crippen molar-refractivity contribution in [3.8, 4) is 0 Å². The molecule has 114 valence electrons. The molecule has 2 N–H and O–H groups in total. The van der Waals surface area contributed by atoms with Gasteiger partial charge in [-0.3, -0.25) is 4.90 Å². The molecule has 0 radical (unpaired) electrons. The molecule has 0 bridgehead atoms. The van der Waals surface area contributed by atoms with Gasteiger partial charge in [0.25, 0.3) is 0 Å². The molecular weight excluding hydrogens is 294 g/mol. The van der Waals surface area contributed by atoms with Crippen LogP contribution in [-0.4, -0.2) is 56.1 Å². The van der Waals surface area contributed by atoms with Gasteiger partial charge in [0.15, 0.2) is 0 Å². The summed E-state index contributed by atoms with van der Waals surface area (Å²) in [7, 11) is -3.08. The Balaban J connectivity index is 2.10. The second-order valence-electron chi connectivity index (χ2n) is 5.45. The fourth-order valence-corrected chi connectivity index (χ4v) is 4.65. The van der Waals surface area contributed by atoms with Crippen LogP contribution in [0.1, 0.15) is 22.7 Å². The largest absolute Gasteiger partial charge is 0.326 e. The van der Waals surface area contributed by atoms with Gasteiger partial charge in [-0.25, -0.2) is 8.42 Å². The van der Waals surface area contributed by atoms with E-state index in [4.69, 9.17) is 5.73 Å². The summed E-state index contributed by atoms with van der Waals surface area (Å²) >= 11 is 1.77. The normalized spacial score (nSPS) is 21.8. The number of hydrogen-bond acceptors (Lipinski definition) is 5. The van der Waals surface area contributed by atoms with Gasteiger partial charge in [-0.05, 0) is 26.0 Å². The average molecular weight is 317 g/mol. The van der Waals surface area contributed by atoms with Gasteiger partial charge < -0.3 is 5.73 Å². The first-order valence-corrected chi connectivity index (χ1v) is 9.46. The highest BCUT2D eigenvalue weighted by Crippen LogP contribution is 2.30. The Morgan fingerprint density at radius 1 is 1.25 bits per heavy atom. The molecule has 1 aromatic rings. The van der Waals surface area contributed by atoms with Crippen molar-refractivity contribution in [3.05, 3.63) is 21.9 Å². The molecule has 0 aromatic carbocycles. The maximum atomic E-state index is 11.6. The minimum Gasteiger partial charge on any atom is -0.326 e. The summed E-state index contributed by atoms with van der Waals surface area (Å²) in [5.41, 5.74) is 6.16. The van der Waals surface area contributed by atoms with Gasteiger partial charge >= 0.3 is 0 Å². The molecule has 1 saturated heterocycles. The Morgan fingerprint density at radius 3 is 2.25 bits per heavy atom. The lowest BCUT2D eigenvalue weighted by Gasteiger charge is -2.39. The molecule has 0 saturated carbocycles. The van der Waals surface area contributed by atoms with Crippen molar-refractivity contribution in [3.63, 3.8) is 0 Å². The molecule has 2 heterocycles. The average Bonchev–Trinajstić information content (AvgIpc) is 2.75. The molecular formula is C13H23N3O2S2. The molecule has 5 nitrogen and oxygen atoms in total. The van der Waals surface area contributed by atoms with Crippen LogP contribution in [0.15, 0.2) is 12.1 Å². The van der Waals surface area contributed by atoms with E-state index in [0.29, 0.717) is 13.1 Å². The van der Waals surface area contributed by atoms with Crippen LogP contribution in [0.2, 0.25) is 0 Å². The van der Waals surface area contributed by atoms with Crippen LogP contribution in [0.3, 0.4) is 0 Å². The van der Waals surface area contributed by atoms with E-state index >= 15 is 0 Å². The predicted molar refractivity (Wildman–Crippen MR) is 83.4 cm³/mol. The first-order chi connectivity index (χ1) is 9.29. The maximum Gasteiger partial charge on any atom is 0.211 e. The molecule has 0 spiro atoms. The summed E-state index contributed by atoms with van der Waals surface area (Å²) in [6.45, 7) is 6.67. The van der Waals surface area contributed by atoms with Crippen molar-refractivity contribution in [1.82, 2.24) is 9.21 Å². The van der Waals surface area contributed by atoms with Crippen molar-refractivity contribution >= 4 is 21.4 Å². The number of rotatable bonds is 4. The molecule has 1 fully saturated rings. The Morgan fingerprint density at radius 2 is 1.85 bits per heavy atom. The number of thiophene rings is 1. The Labute approximate surface area is 125 Å². The molecule has 0 aliphatic carbocycles. The van der Waals surface area contributed by atoms with E-state index in [9.17, 15) is 8.42 Å². The fourth-order valence-electron chi connectivity index (χ4n) is 2.70. The summed E-state index contributed by atoms with van der Waals surface area (Å²) in [4.78, 5) is 4.85. The first-order valence-electron chi connectivity index (χ1n) is 6.80. The highest BCUT2D eigenvalue weighted by atomic mass is 32.2. The van der Waals surface area contributed by atoms with Crippen LogP contribution in [-0.2, 0) is 10.0 Å². The third kappa shape index (κ3) is 3.59. The lowest BCUT2D eigenvalue weighted by Crippen LogP contribution is -2.51. The lowest BCUT2D eigenvalue weighted by molar-refractivity contribution is 0.126. The topological polar surface area (TPSA) is 66.6 Å². The van der Waals surface area contributed by atoms with Gasteiger partial charge in [-0.15, -0.1) is 11.3 Å². The van der Waals surface area contributed by atoms with Crippen LogP contribution in [0.4, 0.5) is 0 Å². The number of nitrogens with two attached hydrogens (primary N) is 1. The van der Waals surface area contributed by atoms with Crippen molar-refractivity contribution < 1.29 is 8.42 Å². The Hall–Kier alpha value is -0.470. The predicted octanol–water partition coefficient (Wildman–Crippen LogP) is 1.02.